The van der Waals surface area contributed by atoms with E-state index in [2.05, 4.69) is 28.4 Å². The van der Waals surface area contributed by atoms with Crippen LogP contribution < -0.4 is 5.32 Å². The summed E-state index contributed by atoms with van der Waals surface area (Å²) in [6.45, 7) is 5.94. The Hall–Kier alpha value is -0.910. The van der Waals surface area contributed by atoms with Gasteiger partial charge in [-0.2, -0.15) is 5.10 Å². The van der Waals surface area contributed by atoms with E-state index in [0.29, 0.717) is 12.1 Å². The summed E-state index contributed by atoms with van der Waals surface area (Å²) < 4.78 is 7.57. The minimum Gasteiger partial charge on any atom is -0.374 e. The topological polar surface area (TPSA) is 42.3 Å². The molecule has 0 aromatic carbocycles. The predicted octanol–water partition coefficient (Wildman–Crippen LogP) is 0.401. The van der Waals surface area contributed by atoms with Crippen LogP contribution in [0.5, 0.6) is 0 Å². The molecular weight excluding hydrogens is 216 g/mol. The van der Waals surface area contributed by atoms with Gasteiger partial charge < -0.3 is 10.1 Å². The molecule has 0 bridgehead atoms. The molecule has 5 heteroatoms. The number of morpholine rings is 1. The number of likely N-dealkylation sites (N-methyl/N-ethyl adjacent to an activating group) is 1. The normalized spacial score (nSPS) is 23.8. The monoisotopic (exact) mass is 238 g/mol. The van der Waals surface area contributed by atoms with Crippen LogP contribution in [0.15, 0.2) is 12.4 Å². The second-order valence-electron chi connectivity index (χ2n) is 4.67. The predicted molar refractivity (Wildman–Crippen MR) is 66.9 cm³/mol. The third-order valence-electron chi connectivity index (χ3n) is 3.36. The lowest BCUT2D eigenvalue weighted by Crippen LogP contribution is -2.46. The van der Waals surface area contributed by atoms with E-state index in [1.807, 2.05) is 25.0 Å². The summed E-state index contributed by atoms with van der Waals surface area (Å²) in [6, 6.07) is 0.409. The van der Waals surface area contributed by atoms with Crippen molar-refractivity contribution in [1.82, 2.24) is 20.0 Å². The summed E-state index contributed by atoms with van der Waals surface area (Å²) in [4.78, 5) is 2.46. The van der Waals surface area contributed by atoms with Crippen LogP contribution in [0, 0.1) is 0 Å². The summed E-state index contributed by atoms with van der Waals surface area (Å²) in [5, 5.41) is 7.41. The summed E-state index contributed by atoms with van der Waals surface area (Å²) >= 11 is 0. The van der Waals surface area contributed by atoms with E-state index in [9.17, 15) is 0 Å². The Morgan fingerprint density at radius 2 is 2.47 bits per heavy atom. The third-order valence-corrected chi connectivity index (χ3v) is 3.36. The van der Waals surface area contributed by atoms with Gasteiger partial charge >= 0.3 is 0 Å². The molecule has 1 aromatic rings. The van der Waals surface area contributed by atoms with Crippen molar-refractivity contribution in [3.05, 3.63) is 18.0 Å². The Kier molecular flexibility index (Phi) is 4.15. The number of nitrogens with zero attached hydrogens (tertiary/aromatic N) is 3. The highest BCUT2D eigenvalue weighted by atomic mass is 16.5. The van der Waals surface area contributed by atoms with Crippen LogP contribution in [0.3, 0.4) is 0 Å². The summed E-state index contributed by atoms with van der Waals surface area (Å²) in [5.41, 5.74) is 1.28. The van der Waals surface area contributed by atoms with Crippen LogP contribution in [0.1, 0.15) is 18.5 Å². The number of rotatable bonds is 4. The van der Waals surface area contributed by atoms with Gasteiger partial charge in [0.25, 0.3) is 0 Å². The Bertz CT molecular complexity index is 350. The Morgan fingerprint density at radius 3 is 3.12 bits per heavy atom. The number of nitrogens with one attached hydrogen (secondary N) is 1. The second kappa shape index (κ2) is 5.62. The molecule has 1 saturated heterocycles. The number of aromatic nitrogens is 2. The lowest BCUT2D eigenvalue weighted by Gasteiger charge is -2.36. The Labute approximate surface area is 103 Å². The minimum atomic E-state index is 0.299. The van der Waals surface area contributed by atoms with Crippen molar-refractivity contribution in [2.75, 3.05) is 33.3 Å². The first kappa shape index (κ1) is 12.5. The first-order chi connectivity index (χ1) is 8.20. The lowest BCUT2D eigenvalue weighted by atomic mass is 10.1. The highest BCUT2D eigenvalue weighted by Crippen LogP contribution is 2.21. The van der Waals surface area contributed by atoms with Gasteiger partial charge in [-0.1, -0.05) is 0 Å². The molecule has 17 heavy (non-hydrogen) atoms. The molecule has 0 amide bonds. The van der Waals surface area contributed by atoms with Crippen LogP contribution in [-0.2, 0) is 11.8 Å². The molecule has 2 heterocycles. The van der Waals surface area contributed by atoms with Gasteiger partial charge in [0.15, 0.2) is 0 Å². The van der Waals surface area contributed by atoms with E-state index in [0.717, 1.165) is 26.2 Å². The van der Waals surface area contributed by atoms with E-state index in [4.69, 9.17) is 4.74 Å². The van der Waals surface area contributed by atoms with Crippen LogP contribution in [0.2, 0.25) is 0 Å². The fourth-order valence-electron chi connectivity index (χ4n) is 2.31. The average molecular weight is 238 g/mol. The molecule has 1 aromatic heterocycles. The van der Waals surface area contributed by atoms with Crippen molar-refractivity contribution in [2.45, 2.75) is 19.1 Å². The van der Waals surface area contributed by atoms with E-state index >= 15 is 0 Å². The van der Waals surface area contributed by atoms with E-state index in [-0.39, 0.29) is 0 Å². The smallest absolute Gasteiger partial charge is 0.0826 e. The molecule has 1 fully saturated rings. The lowest BCUT2D eigenvalue weighted by molar-refractivity contribution is -0.0393. The molecule has 1 aliphatic heterocycles. The molecule has 1 aliphatic rings. The zero-order valence-electron chi connectivity index (χ0n) is 10.9. The van der Waals surface area contributed by atoms with Crippen molar-refractivity contribution < 1.29 is 4.74 Å². The number of aryl methyl sites for hydroxylation is 1. The van der Waals surface area contributed by atoms with Crippen LogP contribution >= 0.6 is 0 Å². The van der Waals surface area contributed by atoms with Crippen LogP contribution in [-0.4, -0.2) is 54.1 Å². The molecular formula is C12H22N4O. The summed E-state index contributed by atoms with van der Waals surface area (Å²) in [6.07, 6.45) is 4.34. The summed E-state index contributed by atoms with van der Waals surface area (Å²) in [7, 11) is 3.92. The molecule has 2 atom stereocenters. The maximum atomic E-state index is 5.71. The molecule has 0 aliphatic carbocycles. The Balaban J connectivity index is 1.97. The average Bonchev–Trinajstić information content (AvgIpc) is 2.76. The fourth-order valence-corrected chi connectivity index (χ4v) is 2.31. The highest BCUT2D eigenvalue weighted by molar-refractivity contribution is 5.09. The van der Waals surface area contributed by atoms with Gasteiger partial charge in [0, 0.05) is 44.5 Å². The molecule has 2 unspecified atom stereocenters. The largest absolute Gasteiger partial charge is 0.374 e. The van der Waals surface area contributed by atoms with Crippen molar-refractivity contribution >= 4 is 0 Å². The fraction of sp³-hybridized carbons (Fsp3) is 0.750. The standard InChI is InChI=1S/C12H22N4O/c1-10(11-6-14-15(3)8-11)16-4-5-17-12(9-16)7-13-2/h6,8,10,12-13H,4-5,7,9H2,1-3H3. The number of hydrogen-bond acceptors (Lipinski definition) is 4. The van der Waals surface area contributed by atoms with Crippen LogP contribution in [0.4, 0.5) is 0 Å². The van der Waals surface area contributed by atoms with Gasteiger partial charge in [-0.25, -0.2) is 0 Å². The summed E-state index contributed by atoms with van der Waals surface area (Å²) in [5.74, 6) is 0. The number of ether oxygens (including phenoxy) is 1. The van der Waals surface area contributed by atoms with Crippen molar-refractivity contribution in [1.29, 1.82) is 0 Å². The quantitative estimate of drug-likeness (QED) is 0.824. The molecule has 96 valence electrons. The molecule has 0 radical (unpaired) electrons. The van der Waals surface area contributed by atoms with Gasteiger partial charge in [0.2, 0.25) is 0 Å². The van der Waals surface area contributed by atoms with Crippen molar-refractivity contribution in [3.63, 3.8) is 0 Å². The van der Waals surface area contributed by atoms with Crippen molar-refractivity contribution in [3.8, 4) is 0 Å². The van der Waals surface area contributed by atoms with E-state index < -0.39 is 0 Å². The van der Waals surface area contributed by atoms with Gasteiger partial charge in [0.05, 0.1) is 18.9 Å². The van der Waals surface area contributed by atoms with E-state index in [1.54, 1.807) is 0 Å². The Morgan fingerprint density at radius 1 is 1.65 bits per heavy atom. The molecule has 1 N–H and O–H groups in total. The zero-order chi connectivity index (χ0) is 12.3. The molecule has 2 rings (SSSR count). The van der Waals surface area contributed by atoms with E-state index in [1.165, 1.54) is 5.56 Å². The second-order valence-corrected chi connectivity index (χ2v) is 4.67. The number of hydrogen-bond donors (Lipinski definition) is 1. The highest BCUT2D eigenvalue weighted by Gasteiger charge is 2.24. The molecule has 5 nitrogen and oxygen atoms in total. The minimum absolute atomic E-state index is 0.299. The van der Waals surface area contributed by atoms with Gasteiger partial charge in [0.1, 0.15) is 0 Å². The van der Waals surface area contributed by atoms with Gasteiger partial charge in [-0.05, 0) is 14.0 Å². The first-order valence-corrected chi connectivity index (χ1v) is 6.19. The molecule has 0 saturated carbocycles. The SMILES string of the molecule is CNCC1CN(C(C)c2cnn(C)c2)CCO1. The van der Waals surface area contributed by atoms with Crippen LogP contribution in [0.25, 0.3) is 0 Å². The van der Waals surface area contributed by atoms with Gasteiger partial charge in [-0.15, -0.1) is 0 Å². The maximum Gasteiger partial charge on any atom is 0.0826 e. The zero-order valence-corrected chi connectivity index (χ0v) is 10.9. The molecule has 0 spiro atoms. The van der Waals surface area contributed by atoms with Crippen molar-refractivity contribution in [2.24, 2.45) is 7.05 Å². The third kappa shape index (κ3) is 3.06. The maximum absolute atomic E-state index is 5.71. The first-order valence-electron chi connectivity index (χ1n) is 6.19. The van der Waals surface area contributed by atoms with Gasteiger partial charge in [-0.3, -0.25) is 9.58 Å².